The molecule has 1 aliphatic heterocycles. The highest BCUT2D eigenvalue weighted by Gasteiger charge is 2.42. The quantitative estimate of drug-likeness (QED) is 0.575. The molecule has 0 saturated carbocycles. The molecular weight excluding hydrogens is 400 g/mol. The molecule has 11 heteroatoms. The first kappa shape index (κ1) is 19.5. The van der Waals surface area contributed by atoms with Crippen molar-refractivity contribution in [2.75, 3.05) is 18.0 Å². The monoisotopic (exact) mass is 415 g/mol. The van der Waals surface area contributed by atoms with Crippen LogP contribution >= 0.6 is 0 Å². The van der Waals surface area contributed by atoms with Gasteiger partial charge in [-0.1, -0.05) is 0 Å². The Labute approximate surface area is 161 Å². The van der Waals surface area contributed by atoms with E-state index in [1.54, 1.807) is 0 Å². The maximum Gasteiger partial charge on any atom is 0.417 e. The Kier molecular flexibility index (Phi) is 4.62. The molecule has 0 N–H and O–H groups in total. The molecular formula is C18H15F6N5. The van der Waals surface area contributed by atoms with Crippen molar-refractivity contribution in [2.45, 2.75) is 25.2 Å². The van der Waals surface area contributed by atoms with Crippen LogP contribution < -0.4 is 4.90 Å². The van der Waals surface area contributed by atoms with Gasteiger partial charge in [-0.25, -0.2) is 15.0 Å². The Morgan fingerprint density at radius 3 is 2.52 bits per heavy atom. The lowest BCUT2D eigenvalue weighted by Crippen LogP contribution is -2.42. The van der Waals surface area contributed by atoms with Crippen LogP contribution in [0.2, 0.25) is 0 Å². The first-order valence-corrected chi connectivity index (χ1v) is 8.82. The molecule has 1 aliphatic rings. The van der Waals surface area contributed by atoms with Crippen LogP contribution in [0.25, 0.3) is 17.2 Å². The van der Waals surface area contributed by atoms with E-state index in [1.165, 1.54) is 33.8 Å². The van der Waals surface area contributed by atoms with E-state index in [0.717, 1.165) is 12.3 Å². The molecule has 0 aliphatic carbocycles. The van der Waals surface area contributed by atoms with Crippen LogP contribution in [0, 0.1) is 5.92 Å². The summed E-state index contributed by atoms with van der Waals surface area (Å²) in [6.07, 6.45) is -4.78. The number of imidazole rings is 1. The first-order valence-electron chi connectivity index (χ1n) is 8.82. The van der Waals surface area contributed by atoms with Gasteiger partial charge in [-0.3, -0.25) is 4.40 Å². The van der Waals surface area contributed by atoms with Crippen LogP contribution in [0.4, 0.5) is 32.2 Å². The molecule has 0 amide bonds. The average Bonchev–Trinajstić information content (AvgIpc) is 3.10. The Bertz CT molecular complexity index is 1030. The first-order chi connectivity index (χ1) is 13.6. The van der Waals surface area contributed by atoms with Crippen molar-refractivity contribution in [1.82, 2.24) is 19.4 Å². The zero-order chi connectivity index (χ0) is 20.8. The van der Waals surface area contributed by atoms with Gasteiger partial charge in [-0.15, -0.1) is 0 Å². The maximum atomic E-state index is 13.1. The zero-order valence-electron chi connectivity index (χ0n) is 14.9. The fourth-order valence-corrected chi connectivity index (χ4v) is 3.41. The minimum atomic E-state index is -4.53. The molecule has 1 saturated heterocycles. The Balaban J connectivity index is 1.69. The van der Waals surface area contributed by atoms with Gasteiger partial charge < -0.3 is 4.90 Å². The number of anilines is 1. The second kappa shape index (κ2) is 6.89. The van der Waals surface area contributed by atoms with Crippen molar-refractivity contribution < 1.29 is 26.3 Å². The van der Waals surface area contributed by atoms with Crippen molar-refractivity contribution in [2.24, 2.45) is 5.92 Å². The summed E-state index contributed by atoms with van der Waals surface area (Å²) >= 11 is 0. The maximum absolute atomic E-state index is 13.1. The largest absolute Gasteiger partial charge is 0.417 e. The van der Waals surface area contributed by atoms with Crippen LogP contribution in [0.15, 0.2) is 36.8 Å². The van der Waals surface area contributed by atoms with Gasteiger partial charge in [0.1, 0.15) is 17.2 Å². The smallest absolute Gasteiger partial charge is 0.356 e. The molecule has 0 spiro atoms. The third kappa shape index (κ3) is 3.85. The van der Waals surface area contributed by atoms with Crippen LogP contribution in [0.1, 0.15) is 18.4 Å². The van der Waals surface area contributed by atoms with Gasteiger partial charge in [-0.2, -0.15) is 26.3 Å². The lowest BCUT2D eigenvalue weighted by molar-refractivity contribution is -0.176. The van der Waals surface area contributed by atoms with Crippen molar-refractivity contribution in [3.8, 4) is 11.5 Å². The topological polar surface area (TPSA) is 46.3 Å². The summed E-state index contributed by atoms with van der Waals surface area (Å²) < 4.78 is 79.6. The van der Waals surface area contributed by atoms with Crippen LogP contribution in [0.3, 0.4) is 0 Å². The van der Waals surface area contributed by atoms with Crippen molar-refractivity contribution >= 4 is 11.5 Å². The third-order valence-electron chi connectivity index (χ3n) is 4.91. The Hall–Kier alpha value is -2.85. The van der Waals surface area contributed by atoms with E-state index < -0.39 is 23.8 Å². The van der Waals surface area contributed by atoms with Gasteiger partial charge in [0, 0.05) is 25.5 Å². The second-order valence-electron chi connectivity index (χ2n) is 6.85. The number of aromatic nitrogens is 4. The van der Waals surface area contributed by atoms with E-state index in [1.807, 2.05) is 0 Å². The molecule has 1 atom stereocenters. The summed E-state index contributed by atoms with van der Waals surface area (Å²) in [6.45, 7) is 0.194. The Morgan fingerprint density at radius 2 is 1.79 bits per heavy atom. The average molecular weight is 415 g/mol. The third-order valence-corrected chi connectivity index (χ3v) is 4.91. The van der Waals surface area contributed by atoms with Crippen molar-refractivity contribution in [3.63, 3.8) is 0 Å². The van der Waals surface area contributed by atoms with Crippen LogP contribution in [-0.2, 0) is 6.18 Å². The molecule has 3 aromatic heterocycles. The van der Waals surface area contributed by atoms with E-state index in [2.05, 4.69) is 15.0 Å². The summed E-state index contributed by atoms with van der Waals surface area (Å²) in [5.41, 5.74) is -0.362. The summed E-state index contributed by atoms with van der Waals surface area (Å²) in [4.78, 5) is 14.0. The molecule has 4 rings (SSSR count). The molecule has 29 heavy (non-hydrogen) atoms. The number of hydrogen-bond donors (Lipinski definition) is 0. The highest BCUT2D eigenvalue weighted by molar-refractivity contribution is 5.59. The number of fused-ring (bicyclic) bond motifs is 1. The fourth-order valence-electron chi connectivity index (χ4n) is 3.41. The summed E-state index contributed by atoms with van der Waals surface area (Å²) in [5, 5.41) is 0. The molecule has 4 heterocycles. The molecule has 0 radical (unpaired) electrons. The van der Waals surface area contributed by atoms with E-state index in [-0.39, 0.29) is 30.1 Å². The van der Waals surface area contributed by atoms with E-state index >= 15 is 0 Å². The SMILES string of the molecule is FC(F)(F)c1ccc2ncc(-c3nccc(N4CCC[C@H](C(F)(F)F)C4)n3)n2c1. The highest BCUT2D eigenvalue weighted by atomic mass is 19.4. The number of pyridine rings is 1. The van der Waals surface area contributed by atoms with Gasteiger partial charge in [0.2, 0.25) is 0 Å². The molecule has 154 valence electrons. The van der Waals surface area contributed by atoms with Crippen LogP contribution in [-0.4, -0.2) is 38.6 Å². The lowest BCUT2D eigenvalue weighted by Gasteiger charge is -2.34. The van der Waals surface area contributed by atoms with Gasteiger partial charge >= 0.3 is 12.4 Å². The van der Waals surface area contributed by atoms with Crippen molar-refractivity contribution in [1.29, 1.82) is 0 Å². The molecule has 3 aromatic rings. The Morgan fingerprint density at radius 1 is 1.00 bits per heavy atom. The van der Waals surface area contributed by atoms with Gasteiger partial charge in [-0.05, 0) is 31.0 Å². The molecule has 5 nitrogen and oxygen atoms in total. The molecule has 0 bridgehead atoms. The van der Waals surface area contributed by atoms with E-state index in [9.17, 15) is 26.3 Å². The predicted molar refractivity (Wildman–Crippen MR) is 92.2 cm³/mol. The lowest BCUT2D eigenvalue weighted by atomic mass is 9.97. The van der Waals surface area contributed by atoms with Gasteiger partial charge in [0.15, 0.2) is 5.82 Å². The number of nitrogens with zero attached hydrogens (tertiary/aromatic N) is 5. The zero-order valence-corrected chi connectivity index (χ0v) is 14.9. The summed E-state index contributed by atoms with van der Waals surface area (Å²) in [7, 11) is 0. The standard InChI is InChI=1S/C18H15F6N5/c19-17(20,21)11-2-1-7-28(9-11)15-5-6-25-16(27-15)13-8-26-14-4-3-12(10-29(13)14)18(22,23)24/h3-6,8,10-11H,1-2,7,9H2/t11-/m0/s1. The minimum Gasteiger partial charge on any atom is -0.356 e. The van der Waals surface area contributed by atoms with Crippen molar-refractivity contribution in [3.05, 3.63) is 42.4 Å². The number of halogens is 6. The molecule has 0 unspecified atom stereocenters. The van der Waals surface area contributed by atoms with E-state index in [0.29, 0.717) is 18.8 Å². The minimum absolute atomic E-state index is 0.0609. The number of alkyl halides is 6. The van der Waals surface area contributed by atoms with E-state index in [4.69, 9.17) is 0 Å². The summed E-state index contributed by atoms with van der Waals surface area (Å²) in [6, 6.07) is 3.65. The van der Waals surface area contributed by atoms with Crippen LogP contribution in [0.5, 0.6) is 0 Å². The van der Waals surface area contributed by atoms with Gasteiger partial charge in [0.05, 0.1) is 17.7 Å². The molecule has 1 fully saturated rings. The fraction of sp³-hybridized carbons (Fsp3) is 0.389. The van der Waals surface area contributed by atoms with Gasteiger partial charge in [0.25, 0.3) is 0 Å². The molecule has 0 aromatic carbocycles. The number of rotatable bonds is 2. The highest BCUT2D eigenvalue weighted by Crippen LogP contribution is 2.35. The number of piperidine rings is 1. The predicted octanol–water partition coefficient (Wildman–Crippen LogP) is 4.59. The summed E-state index contributed by atoms with van der Waals surface area (Å²) in [5.74, 6) is -1.06. The second-order valence-corrected chi connectivity index (χ2v) is 6.85. The normalized spacial score (nSPS) is 18.4. The number of hydrogen-bond acceptors (Lipinski definition) is 4.